The molecule has 136 valence electrons. The number of oxime groups is 1. The summed E-state index contributed by atoms with van der Waals surface area (Å²) in [6, 6.07) is 17.5. The summed E-state index contributed by atoms with van der Waals surface area (Å²) in [4.78, 5) is 7.92. The first-order valence-corrected chi connectivity index (χ1v) is 9.67. The van der Waals surface area contributed by atoms with Crippen molar-refractivity contribution in [1.82, 2.24) is 4.90 Å². The van der Waals surface area contributed by atoms with Gasteiger partial charge >= 0.3 is 0 Å². The van der Waals surface area contributed by atoms with E-state index in [9.17, 15) is 0 Å². The van der Waals surface area contributed by atoms with Crippen LogP contribution >= 0.6 is 0 Å². The van der Waals surface area contributed by atoms with Crippen LogP contribution < -0.4 is 5.73 Å². The number of nitrogens with two attached hydrogens (primary N) is 1. The molecule has 0 aliphatic carbocycles. The van der Waals surface area contributed by atoms with Crippen molar-refractivity contribution in [3.63, 3.8) is 0 Å². The number of likely N-dealkylation sites (tertiary alicyclic amines) is 1. The minimum Gasteiger partial charge on any atom is -0.390 e. The first kappa shape index (κ1) is 17.3. The first-order chi connectivity index (χ1) is 12.8. The molecular formula is C22H27N3O. The van der Waals surface area contributed by atoms with E-state index in [4.69, 9.17) is 10.6 Å². The van der Waals surface area contributed by atoms with E-state index in [-0.39, 0.29) is 6.10 Å². The Labute approximate surface area is 155 Å². The molecule has 2 heterocycles. The second-order valence-corrected chi connectivity index (χ2v) is 7.28. The lowest BCUT2D eigenvalue weighted by molar-refractivity contribution is 0.0918. The van der Waals surface area contributed by atoms with Gasteiger partial charge < -0.3 is 10.6 Å². The summed E-state index contributed by atoms with van der Waals surface area (Å²) in [5, 5.41) is 4.19. The van der Waals surface area contributed by atoms with Crippen molar-refractivity contribution in [2.45, 2.75) is 38.3 Å². The molecule has 1 atom stereocenters. The summed E-state index contributed by atoms with van der Waals surface area (Å²) in [7, 11) is 0. The van der Waals surface area contributed by atoms with Crippen LogP contribution in [0.2, 0.25) is 0 Å². The minimum atomic E-state index is 0.0231. The molecule has 2 aliphatic rings. The Morgan fingerprint density at radius 1 is 0.962 bits per heavy atom. The Balaban J connectivity index is 1.52. The number of piperidine rings is 1. The fourth-order valence-electron chi connectivity index (χ4n) is 3.87. The van der Waals surface area contributed by atoms with Crippen LogP contribution in [0, 0.1) is 0 Å². The second kappa shape index (κ2) is 8.02. The van der Waals surface area contributed by atoms with Gasteiger partial charge in [0.15, 0.2) is 0 Å². The van der Waals surface area contributed by atoms with Crippen molar-refractivity contribution in [2.75, 3.05) is 19.6 Å². The number of rotatable bonds is 5. The average Bonchev–Trinajstić information content (AvgIpc) is 3.19. The lowest BCUT2D eigenvalue weighted by Crippen LogP contribution is -2.29. The Hall–Kier alpha value is -2.17. The molecule has 0 aromatic heterocycles. The fraction of sp³-hybridized carbons (Fsp3) is 0.409. The van der Waals surface area contributed by atoms with Gasteiger partial charge in [0.25, 0.3) is 0 Å². The molecule has 0 amide bonds. The van der Waals surface area contributed by atoms with E-state index in [0.29, 0.717) is 6.54 Å². The molecule has 0 bridgehead atoms. The van der Waals surface area contributed by atoms with Crippen molar-refractivity contribution in [2.24, 2.45) is 10.9 Å². The molecule has 4 nitrogen and oxygen atoms in total. The highest BCUT2D eigenvalue weighted by Crippen LogP contribution is 2.27. The summed E-state index contributed by atoms with van der Waals surface area (Å²) >= 11 is 0. The maximum absolute atomic E-state index is 5.67. The molecule has 2 N–H and O–H groups in total. The zero-order valence-electron chi connectivity index (χ0n) is 15.2. The average molecular weight is 349 g/mol. The van der Waals surface area contributed by atoms with E-state index in [2.05, 4.69) is 58.6 Å². The third-order valence-electron chi connectivity index (χ3n) is 5.39. The van der Waals surface area contributed by atoms with Gasteiger partial charge in [0.1, 0.15) is 6.10 Å². The highest BCUT2D eigenvalue weighted by atomic mass is 16.6. The highest BCUT2D eigenvalue weighted by molar-refractivity contribution is 6.01. The van der Waals surface area contributed by atoms with E-state index in [1.807, 2.05) is 0 Å². The van der Waals surface area contributed by atoms with Gasteiger partial charge in [-0.1, -0.05) is 60.1 Å². The van der Waals surface area contributed by atoms with Gasteiger partial charge in [-0.05, 0) is 48.2 Å². The molecule has 1 saturated heterocycles. The van der Waals surface area contributed by atoms with Crippen molar-refractivity contribution in [1.29, 1.82) is 0 Å². The monoisotopic (exact) mass is 349 g/mol. The predicted molar refractivity (Wildman–Crippen MR) is 106 cm³/mol. The first-order valence-electron chi connectivity index (χ1n) is 9.67. The van der Waals surface area contributed by atoms with Crippen LogP contribution in [0.3, 0.4) is 0 Å². The Bertz CT molecular complexity index is 763. The molecule has 26 heavy (non-hydrogen) atoms. The van der Waals surface area contributed by atoms with Crippen molar-refractivity contribution in [3.05, 3.63) is 59.7 Å². The van der Waals surface area contributed by atoms with Crippen molar-refractivity contribution < 1.29 is 4.84 Å². The molecule has 0 spiro atoms. The summed E-state index contributed by atoms with van der Waals surface area (Å²) in [6.07, 6.45) is 4.84. The molecule has 4 rings (SSSR count). The summed E-state index contributed by atoms with van der Waals surface area (Å²) < 4.78 is 0. The van der Waals surface area contributed by atoms with Gasteiger partial charge in [-0.2, -0.15) is 0 Å². The molecular weight excluding hydrogens is 322 g/mol. The zero-order chi connectivity index (χ0) is 17.8. The molecule has 1 fully saturated rings. The number of benzene rings is 2. The van der Waals surface area contributed by atoms with Gasteiger partial charge in [-0.3, -0.25) is 4.90 Å². The van der Waals surface area contributed by atoms with Gasteiger partial charge in [0.2, 0.25) is 0 Å². The largest absolute Gasteiger partial charge is 0.390 e. The van der Waals surface area contributed by atoms with E-state index < -0.39 is 0 Å². The van der Waals surface area contributed by atoms with Gasteiger partial charge in [0, 0.05) is 19.5 Å². The van der Waals surface area contributed by atoms with Crippen molar-refractivity contribution >= 4 is 5.71 Å². The summed E-state index contributed by atoms with van der Waals surface area (Å²) in [5.41, 5.74) is 11.8. The molecule has 2 aliphatic heterocycles. The maximum Gasteiger partial charge on any atom is 0.145 e. The molecule has 1 unspecified atom stereocenters. The third kappa shape index (κ3) is 3.81. The SMILES string of the molecule is NCC1CC(c2ccc(-c3ccccc3CN3CCCCC3)cc2)=NO1. The van der Waals surface area contributed by atoms with Gasteiger partial charge in [-0.15, -0.1) is 0 Å². The summed E-state index contributed by atoms with van der Waals surface area (Å²) in [6.45, 7) is 3.98. The quantitative estimate of drug-likeness (QED) is 0.893. The van der Waals surface area contributed by atoms with Crippen LogP contribution in [-0.4, -0.2) is 36.3 Å². The van der Waals surface area contributed by atoms with Gasteiger partial charge in [0.05, 0.1) is 5.71 Å². The molecule has 2 aromatic carbocycles. The topological polar surface area (TPSA) is 50.8 Å². The number of hydrogen-bond donors (Lipinski definition) is 1. The van der Waals surface area contributed by atoms with Crippen LogP contribution in [0.15, 0.2) is 53.7 Å². The smallest absolute Gasteiger partial charge is 0.145 e. The van der Waals surface area contributed by atoms with Crippen LogP contribution in [0.5, 0.6) is 0 Å². The van der Waals surface area contributed by atoms with E-state index in [0.717, 1.165) is 24.2 Å². The van der Waals surface area contributed by atoms with E-state index in [1.54, 1.807) is 0 Å². The Kier molecular flexibility index (Phi) is 5.32. The summed E-state index contributed by atoms with van der Waals surface area (Å²) in [5.74, 6) is 0. The molecule has 2 aromatic rings. The minimum absolute atomic E-state index is 0.0231. The predicted octanol–water partition coefficient (Wildman–Crippen LogP) is 3.79. The highest BCUT2D eigenvalue weighted by Gasteiger charge is 2.20. The molecule has 0 radical (unpaired) electrons. The Morgan fingerprint density at radius 2 is 1.69 bits per heavy atom. The van der Waals surface area contributed by atoms with Crippen LogP contribution in [0.4, 0.5) is 0 Å². The standard InChI is InChI=1S/C22H27N3O/c23-15-20-14-22(24-26-20)18-10-8-17(9-11-18)21-7-3-2-6-19(21)16-25-12-4-1-5-13-25/h2-3,6-11,20H,1,4-5,12-16,23H2. The lowest BCUT2D eigenvalue weighted by Gasteiger charge is -2.27. The fourth-order valence-corrected chi connectivity index (χ4v) is 3.87. The Morgan fingerprint density at radius 3 is 2.42 bits per heavy atom. The number of nitrogens with zero attached hydrogens (tertiary/aromatic N) is 2. The normalized spacial score (nSPS) is 20.7. The lowest BCUT2D eigenvalue weighted by atomic mass is 9.96. The van der Waals surface area contributed by atoms with Crippen molar-refractivity contribution in [3.8, 4) is 11.1 Å². The van der Waals surface area contributed by atoms with E-state index >= 15 is 0 Å². The van der Waals surface area contributed by atoms with Crippen LogP contribution in [-0.2, 0) is 11.4 Å². The maximum atomic E-state index is 5.67. The van der Waals surface area contributed by atoms with Crippen LogP contribution in [0.25, 0.3) is 11.1 Å². The zero-order valence-corrected chi connectivity index (χ0v) is 15.2. The third-order valence-corrected chi connectivity index (χ3v) is 5.39. The van der Waals surface area contributed by atoms with Gasteiger partial charge in [-0.25, -0.2) is 0 Å². The second-order valence-electron chi connectivity index (χ2n) is 7.28. The van der Waals surface area contributed by atoms with E-state index in [1.165, 1.54) is 49.0 Å². The number of hydrogen-bond acceptors (Lipinski definition) is 4. The molecule has 4 heteroatoms. The van der Waals surface area contributed by atoms with Crippen LogP contribution in [0.1, 0.15) is 36.8 Å². The molecule has 0 saturated carbocycles.